The monoisotopic (exact) mass is 138 g/mol. The third-order valence-electron chi connectivity index (χ3n) is 2.94. The van der Waals surface area contributed by atoms with Gasteiger partial charge in [0, 0.05) is 9.52 Å². The molecule has 0 spiro atoms. The maximum absolute atomic E-state index is 2.47. The quantitative estimate of drug-likeness (QED) is 0.381. The molecule has 2 bridgehead atoms. The summed E-state index contributed by atoms with van der Waals surface area (Å²) in [5, 5.41) is 0. The van der Waals surface area contributed by atoms with Crippen LogP contribution in [0.15, 0.2) is 12.2 Å². The van der Waals surface area contributed by atoms with Crippen LogP contribution in [0.1, 0.15) is 12.8 Å². The number of hydrogen-bond donors (Lipinski definition) is 0. The van der Waals surface area contributed by atoms with Gasteiger partial charge in [0.15, 0.2) is 0 Å². The predicted molar refractivity (Wildman–Crippen MR) is 43.5 cm³/mol. The molecule has 0 aromatic carbocycles. The van der Waals surface area contributed by atoms with Crippen LogP contribution < -0.4 is 0 Å². The minimum Gasteiger partial charge on any atom is -0.0851 e. The third kappa shape index (κ3) is 0.786. The van der Waals surface area contributed by atoms with E-state index in [1.807, 2.05) is 0 Å². The smallest absolute Gasteiger partial charge is 0.0209 e. The molecule has 2 rings (SSSR count). The molecular weight excluding hydrogens is 124 g/mol. The molecule has 1 heteroatoms. The van der Waals surface area contributed by atoms with Crippen LogP contribution in [0.3, 0.4) is 0 Å². The topological polar surface area (TPSA) is 0 Å². The summed E-state index contributed by atoms with van der Waals surface area (Å²) in [4.78, 5) is 0. The van der Waals surface area contributed by atoms with Gasteiger partial charge in [-0.2, -0.15) is 0 Å². The summed E-state index contributed by atoms with van der Waals surface area (Å²) < 4.78 is 0. The van der Waals surface area contributed by atoms with Crippen molar-refractivity contribution < 1.29 is 0 Å². The molecule has 1 saturated carbocycles. The standard InChI is InChI=1S/C8H14Si/c1-9-8-5-6-2-3-7(8)4-6/h2-3,6-8H,4-5,9H2,1H3. The van der Waals surface area contributed by atoms with Gasteiger partial charge in [-0.25, -0.2) is 0 Å². The molecule has 0 aromatic heterocycles. The Bertz CT molecular complexity index is 140. The van der Waals surface area contributed by atoms with E-state index in [0.717, 1.165) is 11.8 Å². The highest BCUT2D eigenvalue weighted by Crippen LogP contribution is 2.46. The summed E-state index contributed by atoms with van der Waals surface area (Å²) in [6, 6.07) is 0. The Morgan fingerprint density at radius 3 is 2.56 bits per heavy atom. The SMILES string of the molecule is C[SiH2]C1CC2C=CC1C2. The largest absolute Gasteiger partial charge is 0.0851 e. The van der Waals surface area contributed by atoms with Crippen molar-refractivity contribution in [3.05, 3.63) is 12.2 Å². The van der Waals surface area contributed by atoms with E-state index in [1.54, 1.807) is 6.42 Å². The van der Waals surface area contributed by atoms with Crippen molar-refractivity contribution >= 4 is 9.52 Å². The summed E-state index contributed by atoms with van der Waals surface area (Å²) in [5.74, 6) is 2.04. The van der Waals surface area contributed by atoms with Gasteiger partial charge in [-0.3, -0.25) is 0 Å². The predicted octanol–water partition coefficient (Wildman–Crippen LogP) is 1.59. The summed E-state index contributed by atoms with van der Waals surface area (Å²) >= 11 is 0. The lowest BCUT2D eigenvalue weighted by atomic mass is 10.1. The molecule has 1 fully saturated rings. The van der Waals surface area contributed by atoms with E-state index in [4.69, 9.17) is 0 Å². The Morgan fingerprint density at radius 1 is 1.33 bits per heavy atom. The van der Waals surface area contributed by atoms with Crippen molar-refractivity contribution in [2.24, 2.45) is 11.8 Å². The first-order valence-corrected chi connectivity index (χ1v) is 6.31. The Morgan fingerprint density at radius 2 is 2.22 bits per heavy atom. The van der Waals surface area contributed by atoms with Gasteiger partial charge >= 0.3 is 0 Å². The maximum atomic E-state index is 2.47. The van der Waals surface area contributed by atoms with Gasteiger partial charge < -0.3 is 0 Å². The van der Waals surface area contributed by atoms with Crippen LogP contribution >= 0.6 is 0 Å². The molecule has 0 heterocycles. The van der Waals surface area contributed by atoms with Gasteiger partial charge in [0.1, 0.15) is 0 Å². The van der Waals surface area contributed by atoms with E-state index >= 15 is 0 Å². The molecule has 50 valence electrons. The normalized spacial score (nSPS) is 47.9. The Hall–Kier alpha value is -0.0431. The second kappa shape index (κ2) is 1.98. The Kier molecular flexibility index (Phi) is 1.26. The van der Waals surface area contributed by atoms with E-state index < -0.39 is 0 Å². The molecule has 0 aromatic rings. The van der Waals surface area contributed by atoms with Crippen molar-refractivity contribution in [3.8, 4) is 0 Å². The van der Waals surface area contributed by atoms with Gasteiger partial charge in [-0.05, 0) is 30.2 Å². The number of fused-ring (bicyclic) bond motifs is 2. The Labute approximate surface area is 59.2 Å². The number of hydrogen-bond acceptors (Lipinski definition) is 0. The molecule has 2 aliphatic carbocycles. The minimum absolute atomic E-state index is 0.311. The van der Waals surface area contributed by atoms with Crippen molar-refractivity contribution in [1.29, 1.82) is 0 Å². The van der Waals surface area contributed by atoms with E-state index in [2.05, 4.69) is 18.7 Å². The molecule has 2 aliphatic rings. The fourth-order valence-electron chi connectivity index (χ4n) is 2.36. The lowest BCUT2D eigenvalue weighted by Crippen LogP contribution is -2.04. The molecule has 3 unspecified atom stereocenters. The lowest BCUT2D eigenvalue weighted by Gasteiger charge is -2.13. The summed E-state index contributed by atoms with van der Waals surface area (Å²) in [5.41, 5.74) is 1.18. The number of allylic oxidation sites excluding steroid dienone is 2. The number of rotatable bonds is 1. The fraction of sp³-hybridized carbons (Fsp3) is 0.750. The third-order valence-corrected chi connectivity index (χ3v) is 4.93. The highest BCUT2D eigenvalue weighted by molar-refractivity contribution is 6.36. The summed E-state index contributed by atoms with van der Waals surface area (Å²) in [6.07, 6.45) is 7.95. The second-order valence-corrected chi connectivity index (χ2v) is 5.31. The van der Waals surface area contributed by atoms with Crippen LogP contribution in [0, 0.1) is 11.8 Å². The van der Waals surface area contributed by atoms with Crippen LogP contribution in [-0.2, 0) is 0 Å². The molecule has 0 nitrogen and oxygen atoms in total. The first-order chi connectivity index (χ1) is 4.40. The van der Waals surface area contributed by atoms with Gasteiger partial charge in [-0.1, -0.05) is 18.7 Å². The van der Waals surface area contributed by atoms with E-state index in [0.29, 0.717) is 9.52 Å². The zero-order chi connectivity index (χ0) is 6.27. The highest BCUT2D eigenvalue weighted by Gasteiger charge is 2.33. The molecule has 0 radical (unpaired) electrons. The molecule has 0 amide bonds. The second-order valence-electron chi connectivity index (χ2n) is 3.45. The summed E-state index contributed by atoms with van der Waals surface area (Å²) in [7, 11) is 0.311. The van der Waals surface area contributed by atoms with E-state index in [1.165, 1.54) is 12.0 Å². The molecule has 0 saturated heterocycles. The molecule has 0 aliphatic heterocycles. The van der Waals surface area contributed by atoms with Gasteiger partial charge in [0.05, 0.1) is 0 Å². The molecule has 3 atom stereocenters. The first kappa shape index (κ1) is 5.72. The average Bonchev–Trinajstić information content (AvgIpc) is 2.45. The summed E-state index contributed by atoms with van der Waals surface area (Å²) in [6.45, 7) is 2.46. The lowest BCUT2D eigenvalue weighted by molar-refractivity contribution is 0.689. The van der Waals surface area contributed by atoms with Crippen LogP contribution in [0.2, 0.25) is 12.1 Å². The van der Waals surface area contributed by atoms with Crippen LogP contribution in [0.25, 0.3) is 0 Å². The zero-order valence-electron chi connectivity index (χ0n) is 6.01. The first-order valence-electron chi connectivity index (χ1n) is 4.08. The molecular formula is C8H14Si. The van der Waals surface area contributed by atoms with Crippen molar-refractivity contribution in [1.82, 2.24) is 0 Å². The van der Waals surface area contributed by atoms with E-state index in [9.17, 15) is 0 Å². The zero-order valence-corrected chi connectivity index (χ0v) is 7.42. The van der Waals surface area contributed by atoms with Crippen LogP contribution in [0.4, 0.5) is 0 Å². The van der Waals surface area contributed by atoms with E-state index in [-0.39, 0.29) is 0 Å². The van der Waals surface area contributed by atoms with Gasteiger partial charge in [0.2, 0.25) is 0 Å². The van der Waals surface area contributed by atoms with Crippen LogP contribution in [-0.4, -0.2) is 9.52 Å². The van der Waals surface area contributed by atoms with Crippen molar-refractivity contribution in [3.63, 3.8) is 0 Å². The average molecular weight is 138 g/mol. The van der Waals surface area contributed by atoms with Gasteiger partial charge in [-0.15, -0.1) is 0 Å². The highest BCUT2D eigenvalue weighted by atomic mass is 28.2. The maximum Gasteiger partial charge on any atom is 0.0209 e. The van der Waals surface area contributed by atoms with Gasteiger partial charge in [0.25, 0.3) is 0 Å². The fourth-order valence-corrected chi connectivity index (χ4v) is 4.08. The van der Waals surface area contributed by atoms with Crippen molar-refractivity contribution in [2.75, 3.05) is 0 Å². The van der Waals surface area contributed by atoms with Crippen molar-refractivity contribution in [2.45, 2.75) is 24.9 Å². The minimum atomic E-state index is 0.311. The Balaban J connectivity index is 2.10. The molecule has 9 heavy (non-hydrogen) atoms. The molecule has 0 N–H and O–H groups in total. The van der Waals surface area contributed by atoms with Crippen LogP contribution in [0.5, 0.6) is 0 Å².